The first kappa shape index (κ1) is 12.7. The van der Waals surface area contributed by atoms with E-state index in [2.05, 4.69) is 6.92 Å². The first-order chi connectivity index (χ1) is 8.00. The number of carbonyl (C=O) groups excluding carboxylic acids is 1. The number of hydrogen-bond donors (Lipinski definition) is 0. The zero-order valence-electron chi connectivity index (χ0n) is 9.84. The van der Waals surface area contributed by atoms with Crippen LogP contribution in [-0.2, 0) is 4.79 Å². The molecule has 1 nitrogen and oxygen atoms in total. The summed E-state index contributed by atoms with van der Waals surface area (Å²) in [6.07, 6.45) is 2.25. The molecule has 2 atom stereocenters. The maximum atomic E-state index is 11.6. The number of carbonyl (C=O) groups is 1. The molecule has 0 aromatic heterocycles. The molecule has 0 bridgehead atoms. The highest BCUT2D eigenvalue weighted by atomic mass is 35.5. The van der Waals surface area contributed by atoms with Crippen molar-refractivity contribution < 1.29 is 4.79 Å². The molecule has 17 heavy (non-hydrogen) atoms. The summed E-state index contributed by atoms with van der Waals surface area (Å²) in [7, 11) is 0. The van der Waals surface area contributed by atoms with Crippen LogP contribution in [0.25, 0.3) is 0 Å². The van der Waals surface area contributed by atoms with Gasteiger partial charge < -0.3 is 0 Å². The first-order valence-electron chi connectivity index (χ1n) is 5.65. The van der Waals surface area contributed by atoms with Crippen LogP contribution in [0, 0.1) is 5.92 Å². The summed E-state index contributed by atoms with van der Waals surface area (Å²) in [6.45, 7) is 4.12. The predicted molar refractivity (Wildman–Crippen MR) is 71.7 cm³/mol. The summed E-state index contributed by atoms with van der Waals surface area (Å²) in [5.41, 5.74) is 2.09. The van der Waals surface area contributed by atoms with E-state index in [1.807, 2.05) is 19.1 Å². The van der Waals surface area contributed by atoms with Gasteiger partial charge in [-0.05, 0) is 36.5 Å². The lowest BCUT2D eigenvalue weighted by Crippen LogP contribution is -2.20. The summed E-state index contributed by atoms with van der Waals surface area (Å²) in [6, 6.07) is 5.61. The summed E-state index contributed by atoms with van der Waals surface area (Å²) < 4.78 is 0. The van der Waals surface area contributed by atoms with Crippen molar-refractivity contribution >= 4 is 29.0 Å². The number of allylic oxidation sites excluding steroid dienone is 2. The molecule has 1 aliphatic carbocycles. The fourth-order valence-corrected chi connectivity index (χ4v) is 2.79. The van der Waals surface area contributed by atoms with E-state index in [1.54, 1.807) is 12.1 Å². The zero-order chi connectivity index (χ0) is 12.6. The average Bonchev–Trinajstić information content (AvgIpc) is 2.27. The van der Waals surface area contributed by atoms with Gasteiger partial charge >= 0.3 is 0 Å². The molecule has 0 aliphatic heterocycles. The molecule has 0 N–H and O–H groups in total. The van der Waals surface area contributed by atoms with Crippen molar-refractivity contribution in [3.63, 3.8) is 0 Å². The largest absolute Gasteiger partial charge is 0.295 e. The van der Waals surface area contributed by atoms with Gasteiger partial charge in [0.25, 0.3) is 0 Å². The van der Waals surface area contributed by atoms with Crippen molar-refractivity contribution in [3.05, 3.63) is 45.5 Å². The summed E-state index contributed by atoms with van der Waals surface area (Å²) in [5, 5.41) is 1.13. The lowest BCUT2D eigenvalue weighted by Gasteiger charge is -2.29. The summed E-state index contributed by atoms with van der Waals surface area (Å²) in [5.74, 6) is 0.629. The lowest BCUT2D eigenvalue weighted by molar-refractivity contribution is -0.115. The molecule has 1 aromatic carbocycles. The third-order valence-corrected chi connectivity index (χ3v) is 4.35. The first-order valence-corrected chi connectivity index (χ1v) is 6.41. The minimum absolute atomic E-state index is 0.138. The molecule has 0 radical (unpaired) electrons. The van der Waals surface area contributed by atoms with Gasteiger partial charge in [-0.15, -0.1) is 0 Å². The van der Waals surface area contributed by atoms with Crippen molar-refractivity contribution in [1.82, 2.24) is 0 Å². The van der Waals surface area contributed by atoms with Crippen LogP contribution in [-0.4, -0.2) is 5.78 Å². The third kappa shape index (κ3) is 2.41. The second kappa shape index (κ2) is 4.83. The summed E-state index contributed by atoms with van der Waals surface area (Å²) in [4.78, 5) is 11.6. The van der Waals surface area contributed by atoms with Crippen LogP contribution < -0.4 is 0 Å². The molecule has 1 aliphatic rings. The second-order valence-electron chi connectivity index (χ2n) is 4.60. The third-order valence-electron chi connectivity index (χ3n) is 3.51. The quantitative estimate of drug-likeness (QED) is 0.726. The molecule has 0 heterocycles. The van der Waals surface area contributed by atoms with Crippen LogP contribution in [0.1, 0.15) is 31.7 Å². The minimum Gasteiger partial charge on any atom is -0.295 e. The van der Waals surface area contributed by atoms with Gasteiger partial charge in [0, 0.05) is 6.42 Å². The molecule has 2 rings (SSSR count). The van der Waals surface area contributed by atoms with E-state index < -0.39 is 0 Å². The Morgan fingerprint density at radius 2 is 2.00 bits per heavy atom. The van der Waals surface area contributed by atoms with E-state index in [0.29, 0.717) is 22.4 Å². The molecular formula is C14H14Cl2O. The van der Waals surface area contributed by atoms with Gasteiger partial charge in [0.05, 0.1) is 10.0 Å². The number of ketones is 1. The SMILES string of the molecule is CC1=CC(=O)CC(c2cccc(Cl)c2Cl)C1C. The lowest BCUT2D eigenvalue weighted by atomic mass is 9.76. The molecule has 0 amide bonds. The van der Waals surface area contributed by atoms with E-state index in [1.165, 1.54) is 0 Å². The molecule has 0 fully saturated rings. The maximum absolute atomic E-state index is 11.6. The Kier molecular flexibility index (Phi) is 3.60. The standard InChI is InChI=1S/C14H14Cl2O/c1-8-6-10(17)7-12(9(8)2)11-4-3-5-13(15)14(11)16/h3-6,9,12H,7H2,1-2H3. The monoisotopic (exact) mass is 268 g/mol. The van der Waals surface area contributed by atoms with Crippen molar-refractivity contribution in [3.8, 4) is 0 Å². The van der Waals surface area contributed by atoms with E-state index in [-0.39, 0.29) is 11.7 Å². The highest BCUT2D eigenvalue weighted by molar-refractivity contribution is 6.42. The number of halogens is 2. The van der Waals surface area contributed by atoms with E-state index in [0.717, 1.165) is 11.1 Å². The van der Waals surface area contributed by atoms with Crippen molar-refractivity contribution in [2.75, 3.05) is 0 Å². The fraction of sp³-hybridized carbons (Fsp3) is 0.357. The summed E-state index contributed by atoms with van der Waals surface area (Å²) >= 11 is 12.2. The minimum atomic E-state index is 0.138. The smallest absolute Gasteiger partial charge is 0.156 e. The van der Waals surface area contributed by atoms with Gasteiger partial charge in [0.1, 0.15) is 0 Å². The number of hydrogen-bond acceptors (Lipinski definition) is 1. The van der Waals surface area contributed by atoms with E-state index >= 15 is 0 Å². The maximum Gasteiger partial charge on any atom is 0.156 e. The zero-order valence-corrected chi connectivity index (χ0v) is 11.3. The highest BCUT2D eigenvalue weighted by Gasteiger charge is 2.29. The van der Waals surface area contributed by atoms with E-state index in [9.17, 15) is 4.79 Å². The van der Waals surface area contributed by atoms with Crippen LogP contribution in [0.4, 0.5) is 0 Å². The molecule has 0 saturated carbocycles. The Morgan fingerprint density at radius 1 is 1.29 bits per heavy atom. The highest BCUT2D eigenvalue weighted by Crippen LogP contribution is 2.41. The van der Waals surface area contributed by atoms with Crippen LogP contribution in [0.15, 0.2) is 29.8 Å². The van der Waals surface area contributed by atoms with Crippen LogP contribution in [0.2, 0.25) is 10.0 Å². The van der Waals surface area contributed by atoms with Gasteiger partial charge in [0.2, 0.25) is 0 Å². The van der Waals surface area contributed by atoms with Crippen LogP contribution >= 0.6 is 23.2 Å². The molecule has 90 valence electrons. The van der Waals surface area contributed by atoms with Gasteiger partial charge in [0.15, 0.2) is 5.78 Å². The van der Waals surface area contributed by atoms with Gasteiger partial charge in [-0.1, -0.05) is 47.8 Å². The number of benzene rings is 1. The Labute approximate surface area is 111 Å². The van der Waals surface area contributed by atoms with Gasteiger partial charge in [-0.3, -0.25) is 4.79 Å². The molecule has 0 saturated heterocycles. The molecule has 0 spiro atoms. The Bertz CT molecular complexity index is 491. The normalized spacial score (nSPS) is 24.7. The molecular weight excluding hydrogens is 255 g/mol. The molecule has 3 heteroatoms. The Balaban J connectivity index is 2.44. The van der Waals surface area contributed by atoms with Crippen molar-refractivity contribution in [2.45, 2.75) is 26.2 Å². The fourth-order valence-electron chi connectivity index (χ4n) is 2.34. The van der Waals surface area contributed by atoms with E-state index in [4.69, 9.17) is 23.2 Å². The van der Waals surface area contributed by atoms with Crippen molar-refractivity contribution in [2.24, 2.45) is 5.92 Å². The predicted octanol–water partition coefficient (Wildman–Crippen LogP) is 4.63. The molecule has 2 unspecified atom stereocenters. The average molecular weight is 269 g/mol. The Morgan fingerprint density at radius 3 is 2.71 bits per heavy atom. The number of rotatable bonds is 1. The van der Waals surface area contributed by atoms with Crippen LogP contribution in [0.5, 0.6) is 0 Å². The second-order valence-corrected chi connectivity index (χ2v) is 5.38. The Hall–Kier alpha value is -0.790. The van der Waals surface area contributed by atoms with Crippen molar-refractivity contribution in [1.29, 1.82) is 0 Å². The van der Waals surface area contributed by atoms with Crippen LogP contribution in [0.3, 0.4) is 0 Å². The van der Waals surface area contributed by atoms with Gasteiger partial charge in [-0.2, -0.15) is 0 Å². The van der Waals surface area contributed by atoms with Gasteiger partial charge in [-0.25, -0.2) is 0 Å². The molecule has 1 aromatic rings. The topological polar surface area (TPSA) is 17.1 Å².